The summed E-state index contributed by atoms with van der Waals surface area (Å²) in [5.74, 6) is -1.45. The molecule has 2 aromatic rings. The molecule has 1 amide bonds. The Balaban J connectivity index is 1.44. The molecule has 2 atom stereocenters. The first kappa shape index (κ1) is 20.0. The third kappa shape index (κ3) is 4.18. The summed E-state index contributed by atoms with van der Waals surface area (Å²) in [5, 5.41) is 2.79. The summed E-state index contributed by atoms with van der Waals surface area (Å²) >= 11 is 0. The Labute approximate surface area is 172 Å². The Kier molecular flexibility index (Phi) is 5.76. The molecule has 4 rings (SSSR count). The van der Waals surface area contributed by atoms with Gasteiger partial charge in [-0.05, 0) is 29.3 Å². The van der Waals surface area contributed by atoms with Gasteiger partial charge in [0.1, 0.15) is 36.0 Å². The quantitative estimate of drug-likeness (QED) is 0.763. The van der Waals surface area contributed by atoms with Gasteiger partial charge < -0.3 is 10.1 Å². The number of halogens is 2. The van der Waals surface area contributed by atoms with E-state index in [4.69, 9.17) is 9.57 Å². The molecule has 0 spiro atoms. The van der Waals surface area contributed by atoms with Gasteiger partial charge in [-0.1, -0.05) is 37.3 Å². The molecule has 2 aliphatic heterocycles. The molecule has 2 heterocycles. The number of hydrogen-bond acceptors (Lipinski definition) is 5. The SMILES string of the molecule is CCC(=O)NCC1C=C(c2ccc(C3COC(c4c(F)cccc4F)=N3)cc2)NO1. The first-order chi connectivity index (χ1) is 14.5. The molecule has 0 saturated carbocycles. The maximum absolute atomic E-state index is 14.0. The van der Waals surface area contributed by atoms with Crippen LogP contribution in [0.2, 0.25) is 0 Å². The Bertz CT molecular complexity index is 985. The first-order valence-corrected chi connectivity index (χ1v) is 9.70. The zero-order valence-electron chi connectivity index (χ0n) is 16.3. The fraction of sp³-hybridized carbons (Fsp3) is 0.273. The van der Waals surface area contributed by atoms with Gasteiger partial charge in [-0.3, -0.25) is 15.1 Å². The molecule has 2 unspecified atom stereocenters. The van der Waals surface area contributed by atoms with Gasteiger partial charge in [0.2, 0.25) is 11.8 Å². The van der Waals surface area contributed by atoms with Crippen LogP contribution in [-0.2, 0) is 14.4 Å². The average Bonchev–Trinajstić information content (AvgIpc) is 3.42. The van der Waals surface area contributed by atoms with Crippen molar-refractivity contribution >= 4 is 17.5 Å². The normalized spacial score (nSPS) is 20.2. The van der Waals surface area contributed by atoms with E-state index in [0.717, 1.165) is 16.8 Å². The number of ether oxygens (including phenoxy) is 1. The molecule has 0 bridgehead atoms. The first-order valence-electron chi connectivity index (χ1n) is 9.70. The van der Waals surface area contributed by atoms with E-state index < -0.39 is 11.6 Å². The van der Waals surface area contributed by atoms with Crippen LogP contribution in [0.1, 0.15) is 36.1 Å². The van der Waals surface area contributed by atoms with Gasteiger partial charge in [0.25, 0.3) is 0 Å². The van der Waals surface area contributed by atoms with Crippen LogP contribution in [-0.4, -0.2) is 31.1 Å². The summed E-state index contributed by atoms with van der Waals surface area (Å²) in [5.41, 5.74) is 5.21. The number of aliphatic imine (C=N–C) groups is 1. The number of nitrogens with one attached hydrogen (secondary N) is 2. The van der Waals surface area contributed by atoms with Gasteiger partial charge in [-0.25, -0.2) is 13.8 Å². The Morgan fingerprint density at radius 1 is 1.20 bits per heavy atom. The molecule has 156 valence electrons. The summed E-state index contributed by atoms with van der Waals surface area (Å²) in [6.07, 6.45) is 2.08. The lowest BCUT2D eigenvalue weighted by atomic mass is 10.0. The lowest BCUT2D eigenvalue weighted by Crippen LogP contribution is -2.31. The van der Waals surface area contributed by atoms with Crippen molar-refractivity contribution in [3.63, 3.8) is 0 Å². The van der Waals surface area contributed by atoms with Gasteiger partial charge in [0.05, 0.1) is 12.2 Å². The van der Waals surface area contributed by atoms with Gasteiger partial charge in [-0.2, -0.15) is 0 Å². The third-order valence-corrected chi connectivity index (χ3v) is 4.93. The van der Waals surface area contributed by atoms with Crippen molar-refractivity contribution in [2.24, 2.45) is 4.99 Å². The Hall–Kier alpha value is -3.26. The summed E-state index contributed by atoms with van der Waals surface area (Å²) in [4.78, 5) is 21.2. The smallest absolute Gasteiger partial charge is 0.222 e. The summed E-state index contributed by atoms with van der Waals surface area (Å²) in [7, 11) is 0. The van der Waals surface area contributed by atoms with E-state index in [1.807, 2.05) is 30.3 Å². The molecule has 0 aliphatic carbocycles. The average molecular weight is 413 g/mol. The predicted octanol–water partition coefficient (Wildman–Crippen LogP) is 3.25. The second kappa shape index (κ2) is 8.62. The zero-order chi connectivity index (χ0) is 21.1. The molecule has 2 aliphatic rings. The minimum absolute atomic E-state index is 0.0230. The highest BCUT2D eigenvalue weighted by atomic mass is 19.1. The molecule has 0 radical (unpaired) electrons. The number of hydroxylamine groups is 1. The van der Waals surface area contributed by atoms with Gasteiger partial charge in [0, 0.05) is 6.42 Å². The molecular formula is C22H21F2N3O3. The number of amides is 1. The third-order valence-electron chi connectivity index (χ3n) is 4.93. The number of carbonyl (C=O) groups excluding carboxylic acids is 1. The second-order valence-corrected chi connectivity index (χ2v) is 6.98. The van der Waals surface area contributed by atoms with E-state index in [1.165, 1.54) is 18.2 Å². The van der Waals surface area contributed by atoms with Crippen molar-refractivity contribution in [1.29, 1.82) is 0 Å². The van der Waals surface area contributed by atoms with Crippen LogP contribution in [0.5, 0.6) is 0 Å². The maximum Gasteiger partial charge on any atom is 0.222 e. The highest BCUT2D eigenvalue weighted by molar-refractivity contribution is 5.95. The van der Waals surface area contributed by atoms with Crippen molar-refractivity contribution in [2.75, 3.05) is 13.2 Å². The Morgan fingerprint density at radius 2 is 1.93 bits per heavy atom. The van der Waals surface area contributed by atoms with Crippen molar-refractivity contribution in [2.45, 2.75) is 25.5 Å². The number of nitrogens with zero attached hydrogens (tertiary/aromatic N) is 1. The van der Waals surface area contributed by atoms with Crippen LogP contribution in [0, 0.1) is 11.6 Å². The summed E-state index contributed by atoms with van der Waals surface area (Å²) < 4.78 is 33.4. The zero-order valence-corrected chi connectivity index (χ0v) is 16.3. The summed E-state index contributed by atoms with van der Waals surface area (Å²) in [6.45, 7) is 2.40. The van der Waals surface area contributed by atoms with Crippen LogP contribution >= 0.6 is 0 Å². The van der Waals surface area contributed by atoms with Gasteiger partial charge >= 0.3 is 0 Å². The maximum atomic E-state index is 14.0. The Morgan fingerprint density at radius 3 is 2.63 bits per heavy atom. The molecule has 0 saturated heterocycles. The number of rotatable bonds is 6. The minimum Gasteiger partial charge on any atom is -0.475 e. The lowest BCUT2D eigenvalue weighted by Gasteiger charge is -2.09. The fourth-order valence-electron chi connectivity index (χ4n) is 3.26. The van der Waals surface area contributed by atoms with Crippen LogP contribution in [0.3, 0.4) is 0 Å². The second-order valence-electron chi connectivity index (χ2n) is 6.98. The largest absolute Gasteiger partial charge is 0.475 e. The lowest BCUT2D eigenvalue weighted by molar-refractivity contribution is -0.121. The molecular weight excluding hydrogens is 392 g/mol. The fourth-order valence-corrected chi connectivity index (χ4v) is 3.26. The highest BCUT2D eigenvalue weighted by Crippen LogP contribution is 2.28. The van der Waals surface area contributed by atoms with E-state index in [2.05, 4.69) is 15.8 Å². The van der Waals surface area contributed by atoms with Crippen molar-refractivity contribution in [3.8, 4) is 0 Å². The standard InChI is InChI=1S/C22H21F2N3O3/c1-2-20(28)25-11-15-10-18(27-30-15)13-6-8-14(9-7-13)19-12-29-22(26-19)21-16(23)4-3-5-17(21)24/h3-10,15,19,27H,2,11-12H2,1H3,(H,25,28). The molecule has 8 heteroatoms. The van der Waals surface area contributed by atoms with E-state index in [0.29, 0.717) is 13.0 Å². The predicted molar refractivity (Wildman–Crippen MR) is 107 cm³/mol. The molecule has 0 aromatic heterocycles. The summed E-state index contributed by atoms with van der Waals surface area (Å²) in [6, 6.07) is 10.9. The molecule has 30 heavy (non-hydrogen) atoms. The molecule has 0 fully saturated rings. The number of benzene rings is 2. The molecule has 2 N–H and O–H groups in total. The van der Waals surface area contributed by atoms with Gasteiger partial charge in [0.15, 0.2) is 0 Å². The van der Waals surface area contributed by atoms with Crippen molar-refractivity contribution in [1.82, 2.24) is 10.8 Å². The van der Waals surface area contributed by atoms with E-state index >= 15 is 0 Å². The van der Waals surface area contributed by atoms with E-state index in [9.17, 15) is 13.6 Å². The molecule has 2 aromatic carbocycles. The van der Waals surface area contributed by atoms with Crippen LogP contribution in [0.15, 0.2) is 53.5 Å². The van der Waals surface area contributed by atoms with Crippen molar-refractivity contribution < 1.29 is 23.1 Å². The van der Waals surface area contributed by atoms with Gasteiger partial charge in [-0.15, -0.1) is 0 Å². The minimum atomic E-state index is -0.700. The van der Waals surface area contributed by atoms with Crippen LogP contribution in [0.25, 0.3) is 5.70 Å². The van der Waals surface area contributed by atoms with E-state index in [-0.39, 0.29) is 36.1 Å². The van der Waals surface area contributed by atoms with Crippen LogP contribution < -0.4 is 10.8 Å². The number of hydrogen-bond donors (Lipinski definition) is 2. The highest BCUT2D eigenvalue weighted by Gasteiger charge is 2.26. The van der Waals surface area contributed by atoms with Crippen molar-refractivity contribution in [3.05, 3.63) is 76.9 Å². The van der Waals surface area contributed by atoms with E-state index in [1.54, 1.807) is 6.92 Å². The van der Waals surface area contributed by atoms with Crippen LogP contribution in [0.4, 0.5) is 8.78 Å². The monoisotopic (exact) mass is 413 g/mol. The topological polar surface area (TPSA) is 72.0 Å². The molecule has 6 nitrogen and oxygen atoms in total. The number of carbonyl (C=O) groups is 1.